The number of nitrogens with one attached hydrogen (secondary N) is 1. The summed E-state index contributed by atoms with van der Waals surface area (Å²) in [6.07, 6.45) is -0.00338. The summed E-state index contributed by atoms with van der Waals surface area (Å²) in [7, 11) is 0. The number of hydrogen-bond acceptors (Lipinski definition) is 4. The van der Waals surface area contributed by atoms with Gasteiger partial charge in [0.25, 0.3) is 5.69 Å². The summed E-state index contributed by atoms with van der Waals surface area (Å²) in [6.45, 7) is 1.21. The number of nitrogens with zero attached hydrogens (tertiary/aromatic N) is 1. The van der Waals surface area contributed by atoms with Gasteiger partial charge in [0.2, 0.25) is 5.91 Å². The summed E-state index contributed by atoms with van der Waals surface area (Å²) < 4.78 is 0. The minimum atomic E-state index is -1.18. The largest absolute Gasteiger partial charge is 0.480 e. The van der Waals surface area contributed by atoms with Crippen LogP contribution in [0.25, 0.3) is 0 Å². The first kappa shape index (κ1) is 13.6. The Morgan fingerprint density at radius 1 is 1.50 bits per heavy atom. The molecule has 1 atom stereocenters. The maximum absolute atomic E-state index is 10.9. The van der Waals surface area contributed by atoms with Crippen LogP contribution >= 0.6 is 0 Å². The van der Waals surface area contributed by atoms with Gasteiger partial charge in [-0.25, -0.2) is 4.79 Å². The highest BCUT2D eigenvalue weighted by Crippen LogP contribution is 2.14. The van der Waals surface area contributed by atoms with Gasteiger partial charge >= 0.3 is 5.97 Å². The van der Waals surface area contributed by atoms with Crippen molar-refractivity contribution in [3.05, 3.63) is 39.9 Å². The summed E-state index contributed by atoms with van der Waals surface area (Å²) in [5, 5.41) is 21.8. The van der Waals surface area contributed by atoms with E-state index in [1.54, 1.807) is 6.07 Å². The van der Waals surface area contributed by atoms with Crippen LogP contribution < -0.4 is 5.32 Å². The van der Waals surface area contributed by atoms with Crippen LogP contribution in [0, 0.1) is 10.1 Å². The van der Waals surface area contributed by atoms with E-state index < -0.39 is 22.8 Å². The highest BCUT2D eigenvalue weighted by molar-refractivity contribution is 5.82. The molecule has 1 rings (SSSR count). The molecule has 1 amide bonds. The number of hydrogen-bond donors (Lipinski definition) is 2. The molecule has 0 spiro atoms. The van der Waals surface area contributed by atoms with Crippen LogP contribution in [0.2, 0.25) is 0 Å². The molecule has 1 aromatic carbocycles. The van der Waals surface area contributed by atoms with Crippen molar-refractivity contribution < 1.29 is 19.6 Å². The number of benzene rings is 1. The number of carbonyl (C=O) groups is 2. The fourth-order valence-corrected chi connectivity index (χ4v) is 1.48. The number of carboxylic acids is 1. The molecule has 0 aromatic heterocycles. The minimum absolute atomic E-state index is 0.00338. The lowest BCUT2D eigenvalue weighted by molar-refractivity contribution is -0.384. The Morgan fingerprint density at radius 3 is 2.67 bits per heavy atom. The molecule has 2 N–H and O–H groups in total. The summed E-state index contributed by atoms with van der Waals surface area (Å²) in [5.74, 6) is -1.65. The third-order valence-electron chi connectivity index (χ3n) is 2.24. The predicted molar refractivity (Wildman–Crippen MR) is 62.0 cm³/mol. The Hall–Kier alpha value is -2.44. The Morgan fingerprint density at radius 2 is 2.17 bits per heavy atom. The number of non-ortho nitro benzene ring substituents is 1. The van der Waals surface area contributed by atoms with Crippen molar-refractivity contribution in [3.63, 3.8) is 0 Å². The van der Waals surface area contributed by atoms with Crippen LogP contribution in [0.5, 0.6) is 0 Å². The molecular weight excluding hydrogens is 240 g/mol. The van der Waals surface area contributed by atoms with Crippen molar-refractivity contribution in [1.29, 1.82) is 0 Å². The Bertz CT molecular complexity index is 486. The fourth-order valence-electron chi connectivity index (χ4n) is 1.48. The molecule has 0 saturated heterocycles. The zero-order valence-electron chi connectivity index (χ0n) is 9.62. The molecular formula is C11H12N2O5. The van der Waals surface area contributed by atoms with E-state index in [4.69, 9.17) is 5.11 Å². The molecule has 0 aliphatic heterocycles. The number of carboxylic acid groups (broad SMARTS) is 1. The Kier molecular flexibility index (Phi) is 4.36. The van der Waals surface area contributed by atoms with Gasteiger partial charge in [-0.05, 0) is 5.56 Å². The predicted octanol–water partition coefficient (Wildman–Crippen LogP) is 0.727. The molecule has 0 bridgehead atoms. The highest BCUT2D eigenvalue weighted by atomic mass is 16.6. The number of nitro benzene ring substituents is 1. The third kappa shape index (κ3) is 3.85. The molecule has 0 aliphatic carbocycles. The number of nitro groups is 1. The zero-order valence-corrected chi connectivity index (χ0v) is 9.62. The normalized spacial score (nSPS) is 11.6. The van der Waals surface area contributed by atoms with Crippen molar-refractivity contribution in [2.45, 2.75) is 19.4 Å². The molecule has 1 aromatic rings. The van der Waals surface area contributed by atoms with Crippen molar-refractivity contribution in [3.8, 4) is 0 Å². The van der Waals surface area contributed by atoms with Crippen LogP contribution in [-0.2, 0) is 16.0 Å². The molecule has 18 heavy (non-hydrogen) atoms. The van der Waals surface area contributed by atoms with Gasteiger partial charge in [-0.1, -0.05) is 12.1 Å². The fraction of sp³-hybridized carbons (Fsp3) is 0.273. The van der Waals surface area contributed by atoms with Gasteiger partial charge in [-0.2, -0.15) is 0 Å². The first-order chi connectivity index (χ1) is 8.40. The molecule has 0 aliphatic rings. The lowest BCUT2D eigenvalue weighted by Crippen LogP contribution is -2.41. The van der Waals surface area contributed by atoms with E-state index in [-0.39, 0.29) is 12.1 Å². The summed E-state index contributed by atoms with van der Waals surface area (Å²) >= 11 is 0. The van der Waals surface area contributed by atoms with Crippen LogP contribution in [0.1, 0.15) is 12.5 Å². The van der Waals surface area contributed by atoms with E-state index in [2.05, 4.69) is 5.32 Å². The number of aliphatic carboxylic acids is 1. The average molecular weight is 252 g/mol. The van der Waals surface area contributed by atoms with Gasteiger partial charge in [0.15, 0.2) is 0 Å². The smallest absolute Gasteiger partial charge is 0.326 e. The second-order valence-electron chi connectivity index (χ2n) is 3.72. The Labute approximate surface area is 103 Å². The zero-order chi connectivity index (χ0) is 13.7. The van der Waals surface area contributed by atoms with Gasteiger partial charge in [0.05, 0.1) is 4.92 Å². The quantitative estimate of drug-likeness (QED) is 0.592. The minimum Gasteiger partial charge on any atom is -0.480 e. The van der Waals surface area contributed by atoms with Crippen molar-refractivity contribution in [1.82, 2.24) is 5.32 Å². The van der Waals surface area contributed by atoms with Crippen LogP contribution in [0.4, 0.5) is 5.69 Å². The second kappa shape index (κ2) is 5.76. The molecule has 7 heteroatoms. The number of carbonyl (C=O) groups excluding carboxylic acids is 1. The van der Waals surface area contributed by atoms with E-state index in [1.807, 2.05) is 0 Å². The van der Waals surface area contributed by atoms with E-state index in [9.17, 15) is 19.7 Å². The standard InChI is InChI=1S/C11H12N2O5/c1-7(14)12-10(11(15)16)6-8-3-2-4-9(5-8)13(17)18/h2-5,10H,6H2,1H3,(H,12,14)(H,15,16)/t10-/m0/s1. The molecule has 0 radical (unpaired) electrons. The van der Waals surface area contributed by atoms with Gasteiger partial charge in [0, 0.05) is 25.5 Å². The number of amides is 1. The van der Waals surface area contributed by atoms with Crippen molar-refractivity contribution >= 4 is 17.6 Å². The summed E-state index contributed by atoms with van der Waals surface area (Å²) in [5.41, 5.74) is 0.366. The van der Waals surface area contributed by atoms with E-state index in [0.29, 0.717) is 5.56 Å². The third-order valence-corrected chi connectivity index (χ3v) is 2.24. The molecule has 7 nitrogen and oxygen atoms in total. The maximum Gasteiger partial charge on any atom is 0.326 e. The first-order valence-corrected chi connectivity index (χ1v) is 5.13. The average Bonchev–Trinajstić information content (AvgIpc) is 2.27. The van der Waals surface area contributed by atoms with Gasteiger partial charge in [-0.3, -0.25) is 14.9 Å². The number of rotatable bonds is 5. The lowest BCUT2D eigenvalue weighted by atomic mass is 10.1. The molecule has 0 heterocycles. The molecule has 0 saturated carbocycles. The second-order valence-corrected chi connectivity index (χ2v) is 3.72. The van der Waals surface area contributed by atoms with Crippen LogP contribution in [-0.4, -0.2) is 27.9 Å². The van der Waals surface area contributed by atoms with Gasteiger partial charge in [0.1, 0.15) is 6.04 Å². The summed E-state index contributed by atoms with van der Waals surface area (Å²) in [6, 6.07) is 4.56. The van der Waals surface area contributed by atoms with Gasteiger partial charge in [-0.15, -0.1) is 0 Å². The monoisotopic (exact) mass is 252 g/mol. The maximum atomic E-state index is 10.9. The SMILES string of the molecule is CC(=O)N[C@@H](Cc1cccc([N+](=O)[O-])c1)C(=O)O. The van der Waals surface area contributed by atoms with E-state index in [1.165, 1.54) is 25.1 Å². The topological polar surface area (TPSA) is 110 Å². The van der Waals surface area contributed by atoms with Crippen LogP contribution in [0.3, 0.4) is 0 Å². The van der Waals surface area contributed by atoms with Crippen LogP contribution in [0.15, 0.2) is 24.3 Å². The molecule has 96 valence electrons. The molecule has 0 unspecified atom stereocenters. The molecule has 0 fully saturated rings. The van der Waals surface area contributed by atoms with E-state index in [0.717, 1.165) is 0 Å². The summed E-state index contributed by atoms with van der Waals surface area (Å²) in [4.78, 5) is 31.8. The van der Waals surface area contributed by atoms with Crippen molar-refractivity contribution in [2.24, 2.45) is 0 Å². The highest BCUT2D eigenvalue weighted by Gasteiger charge is 2.19. The van der Waals surface area contributed by atoms with E-state index >= 15 is 0 Å². The lowest BCUT2D eigenvalue weighted by Gasteiger charge is -2.12. The Balaban J connectivity index is 2.86. The van der Waals surface area contributed by atoms with Gasteiger partial charge < -0.3 is 10.4 Å². The van der Waals surface area contributed by atoms with Crippen molar-refractivity contribution in [2.75, 3.05) is 0 Å². The first-order valence-electron chi connectivity index (χ1n) is 5.13.